The smallest absolute Gasteiger partial charge is 0.164 e. The highest BCUT2D eigenvalue weighted by Crippen LogP contribution is 2.42. The molecule has 0 aliphatic carbocycles. The molecule has 4 nitrogen and oxygen atoms in total. The van der Waals surface area contributed by atoms with Crippen LogP contribution in [0.1, 0.15) is 22.3 Å². The Labute approximate surface area is 317 Å². The predicted octanol–water partition coefficient (Wildman–Crippen LogP) is 11.8. The minimum Gasteiger partial charge on any atom is -0.319 e. The Hall–Kier alpha value is -6.48. The van der Waals surface area contributed by atoms with Gasteiger partial charge in [-0.3, -0.25) is 0 Å². The van der Waals surface area contributed by atoms with Gasteiger partial charge >= 0.3 is 0 Å². The van der Waals surface area contributed by atoms with E-state index >= 15 is 0 Å². The van der Waals surface area contributed by atoms with Gasteiger partial charge in [0.15, 0.2) is 17.5 Å². The van der Waals surface area contributed by atoms with Gasteiger partial charge in [0.1, 0.15) is 7.14 Å². The molecular formula is C49H38N3OP. The first kappa shape index (κ1) is 34.6. The highest BCUT2D eigenvalue weighted by molar-refractivity contribution is 7.70. The summed E-state index contributed by atoms with van der Waals surface area (Å²) in [6.45, 7) is 3.66. The Morgan fingerprint density at radius 1 is 0.370 bits per heavy atom. The first-order chi connectivity index (χ1) is 26.4. The summed E-state index contributed by atoms with van der Waals surface area (Å²) in [4.78, 5) is 14.8. The fourth-order valence-corrected chi connectivity index (χ4v) is 8.10. The summed E-state index contributed by atoms with van der Waals surface area (Å²) in [6.07, 6.45) is 0. The summed E-state index contributed by atoms with van der Waals surface area (Å²) in [5, 5.41) is 0.775. The molecule has 5 heteroatoms. The fourth-order valence-electron chi connectivity index (χ4n) is 6.87. The normalized spacial score (nSPS) is 11.2. The van der Waals surface area contributed by atoms with Gasteiger partial charge in [-0.05, 0) is 70.0 Å². The molecule has 8 rings (SSSR count). The average molecular weight is 716 g/mol. The molecule has 0 radical (unpaired) electrons. The van der Waals surface area contributed by atoms with E-state index in [4.69, 9.17) is 15.0 Å². The third-order valence-corrected chi connectivity index (χ3v) is 11.0. The van der Waals surface area contributed by atoms with E-state index in [1.807, 2.05) is 92.2 Å². The van der Waals surface area contributed by atoms with E-state index in [0.29, 0.717) is 17.5 Å². The second-order valence-electron chi connectivity index (χ2n) is 13.5. The van der Waals surface area contributed by atoms with Crippen molar-refractivity contribution in [1.29, 1.82) is 0 Å². The van der Waals surface area contributed by atoms with E-state index in [2.05, 4.69) is 115 Å². The monoisotopic (exact) mass is 715 g/mol. The summed E-state index contributed by atoms with van der Waals surface area (Å²) < 4.78 is 14.2. The van der Waals surface area contributed by atoms with Gasteiger partial charge in [0.05, 0.1) is 0 Å². The highest BCUT2D eigenvalue weighted by atomic mass is 31.2. The third kappa shape index (κ3) is 7.39. The first-order valence-electron chi connectivity index (χ1n) is 18.0. The zero-order valence-electron chi connectivity index (χ0n) is 30.2. The van der Waals surface area contributed by atoms with E-state index in [0.717, 1.165) is 66.5 Å². The van der Waals surface area contributed by atoms with E-state index < -0.39 is 7.14 Å². The Morgan fingerprint density at radius 3 is 1.19 bits per heavy atom. The summed E-state index contributed by atoms with van der Waals surface area (Å²) in [5.41, 5.74) is 11.2. The Bertz CT molecular complexity index is 2520. The second-order valence-corrected chi connectivity index (χ2v) is 16.7. The minimum atomic E-state index is -2.80. The van der Waals surface area contributed by atoms with Crippen LogP contribution in [0.15, 0.2) is 194 Å². The standard InChI is InChI=1S/C49H38N3OP/c1-54(2,53)44-34-42(49-51-47(38-25-14-6-15-26-38)50-48(52-49)39-27-16-7-17-28-39)31-32-43(44)40-29-18-30-41(33-40)46(37-23-12-5-13-24-37)45(35-19-8-3-9-20-35)36-21-10-4-11-22-36/h3-34H,1-2H3. The number of rotatable bonds is 9. The number of hydrogen-bond donors (Lipinski definition) is 0. The van der Waals surface area contributed by atoms with Crippen LogP contribution in [0, 0.1) is 0 Å². The second kappa shape index (κ2) is 15.2. The molecule has 0 saturated carbocycles. The maximum absolute atomic E-state index is 14.2. The van der Waals surface area contributed by atoms with Crippen LogP contribution in [0.5, 0.6) is 0 Å². The van der Waals surface area contributed by atoms with Crippen LogP contribution in [0.2, 0.25) is 0 Å². The van der Waals surface area contributed by atoms with Crippen molar-refractivity contribution in [1.82, 2.24) is 15.0 Å². The van der Waals surface area contributed by atoms with Crippen LogP contribution in [-0.2, 0) is 4.57 Å². The van der Waals surface area contributed by atoms with Crippen molar-refractivity contribution in [2.24, 2.45) is 0 Å². The Kier molecular flexibility index (Phi) is 9.77. The summed E-state index contributed by atoms with van der Waals surface area (Å²) in [6, 6.07) is 66.3. The lowest BCUT2D eigenvalue weighted by Gasteiger charge is -2.20. The third-order valence-electron chi connectivity index (χ3n) is 9.44. The van der Waals surface area contributed by atoms with E-state index in [1.165, 1.54) is 0 Å². The topological polar surface area (TPSA) is 55.7 Å². The number of nitrogens with zero attached hydrogens (tertiary/aromatic N) is 3. The first-order valence-corrected chi connectivity index (χ1v) is 20.6. The molecule has 0 aliphatic rings. The van der Waals surface area contributed by atoms with E-state index in [-0.39, 0.29) is 0 Å². The molecule has 0 atom stereocenters. The zero-order valence-corrected chi connectivity index (χ0v) is 31.1. The highest BCUT2D eigenvalue weighted by Gasteiger charge is 2.22. The molecule has 0 fully saturated rings. The molecule has 0 spiro atoms. The molecule has 0 N–H and O–H groups in total. The maximum atomic E-state index is 14.2. The summed E-state index contributed by atoms with van der Waals surface area (Å²) >= 11 is 0. The van der Waals surface area contributed by atoms with E-state index in [1.54, 1.807) is 0 Å². The molecule has 260 valence electrons. The van der Waals surface area contributed by atoms with Crippen molar-refractivity contribution in [2.45, 2.75) is 0 Å². The van der Waals surface area contributed by atoms with Crippen molar-refractivity contribution in [3.63, 3.8) is 0 Å². The zero-order chi connectivity index (χ0) is 36.9. The minimum absolute atomic E-state index is 0.530. The molecule has 0 saturated heterocycles. The van der Waals surface area contributed by atoms with Crippen LogP contribution in [0.4, 0.5) is 0 Å². The molecule has 0 aliphatic heterocycles. The van der Waals surface area contributed by atoms with Gasteiger partial charge < -0.3 is 4.57 Å². The Balaban J connectivity index is 1.31. The molecule has 0 amide bonds. The molecule has 1 aromatic heterocycles. The van der Waals surface area contributed by atoms with Gasteiger partial charge in [-0.1, -0.05) is 182 Å². The molecule has 7 aromatic carbocycles. The van der Waals surface area contributed by atoms with Gasteiger partial charge in [0.2, 0.25) is 0 Å². The van der Waals surface area contributed by atoms with Crippen molar-refractivity contribution in [2.75, 3.05) is 13.3 Å². The summed E-state index contributed by atoms with van der Waals surface area (Å²) in [5.74, 6) is 1.70. The lowest BCUT2D eigenvalue weighted by Crippen LogP contribution is -2.09. The Morgan fingerprint density at radius 2 is 0.741 bits per heavy atom. The average Bonchev–Trinajstić information content (AvgIpc) is 3.23. The van der Waals surface area contributed by atoms with Crippen LogP contribution >= 0.6 is 7.14 Å². The summed E-state index contributed by atoms with van der Waals surface area (Å²) in [7, 11) is -2.80. The van der Waals surface area contributed by atoms with Crippen LogP contribution in [-0.4, -0.2) is 28.3 Å². The SMILES string of the molecule is CP(C)(=O)c1cc(-c2nc(-c3ccccc3)nc(-c3ccccc3)n2)ccc1-c1cccc(C(=C(c2ccccc2)c2ccccc2)c2ccccc2)c1. The molecule has 8 aromatic rings. The van der Waals surface area contributed by atoms with Crippen molar-refractivity contribution in [3.8, 4) is 45.3 Å². The molecule has 1 heterocycles. The molecule has 0 unspecified atom stereocenters. The maximum Gasteiger partial charge on any atom is 0.164 e. The largest absolute Gasteiger partial charge is 0.319 e. The van der Waals surface area contributed by atoms with Crippen molar-refractivity contribution >= 4 is 23.6 Å². The lowest BCUT2D eigenvalue weighted by molar-refractivity contribution is 0.588. The van der Waals surface area contributed by atoms with Crippen LogP contribution in [0.3, 0.4) is 0 Å². The molecular weight excluding hydrogens is 678 g/mol. The number of benzene rings is 7. The van der Waals surface area contributed by atoms with Gasteiger partial charge in [0.25, 0.3) is 0 Å². The number of aromatic nitrogens is 3. The number of hydrogen-bond acceptors (Lipinski definition) is 4. The fraction of sp³-hybridized carbons (Fsp3) is 0.0408. The van der Waals surface area contributed by atoms with Gasteiger partial charge in [-0.15, -0.1) is 0 Å². The molecule has 0 bridgehead atoms. The van der Waals surface area contributed by atoms with Crippen LogP contribution < -0.4 is 5.30 Å². The van der Waals surface area contributed by atoms with Crippen molar-refractivity contribution < 1.29 is 4.57 Å². The predicted molar refractivity (Wildman–Crippen MR) is 225 cm³/mol. The van der Waals surface area contributed by atoms with Gasteiger partial charge in [-0.2, -0.15) is 0 Å². The quantitative estimate of drug-likeness (QED) is 0.110. The van der Waals surface area contributed by atoms with Crippen molar-refractivity contribution in [3.05, 3.63) is 216 Å². The van der Waals surface area contributed by atoms with Gasteiger partial charge in [0, 0.05) is 22.0 Å². The van der Waals surface area contributed by atoms with E-state index in [9.17, 15) is 4.57 Å². The van der Waals surface area contributed by atoms with Crippen LogP contribution in [0.25, 0.3) is 56.4 Å². The van der Waals surface area contributed by atoms with Gasteiger partial charge in [-0.25, -0.2) is 15.0 Å². The lowest BCUT2D eigenvalue weighted by atomic mass is 9.85. The molecule has 54 heavy (non-hydrogen) atoms.